The lowest BCUT2D eigenvalue weighted by Gasteiger charge is -2.17. The van der Waals surface area contributed by atoms with Gasteiger partial charge in [-0.2, -0.15) is 0 Å². The van der Waals surface area contributed by atoms with Gasteiger partial charge < -0.3 is 9.30 Å². The van der Waals surface area contributed by atoms with Gasteiger partial charge in [-0.25, -0.2) is 13.6 Å². The highest BCUT2D eigenvalue weighted by Gasteiger charge is 2.33. The number of rotatable bonds is 4. The molecule has 2 atom stereocenters. The number of hydrogen-bond acceptors (Lipinski definition) is 5. The Morgan fingerprint density at radius 3 is 2.63 bits per heavy atom. The van der Waals surface area contributed by atoms with Crippen LogP contribution in [0.5, 0.6) is 0 Å². The molecule has 2 heterocycles. The molecule has 108 valence electrons. The summed E-state index contributed by atoms with van der Waals surface area (Å²) in [6.45, 7) is 7.15. The van der Waals surface area contributed by atoms with Gasteiger partial charge in [0.1, 0.15) is 5.82 Å². The molecule has 1 aliphatic heterocycles. The lowest BCUT2D eigenvalue weighted by molar-refractivity contribution is 0.116. The van der Waals surface area contributed by atoms with Crippen LogP contribution in [0.2, 0.25) is 0 Å². The van der Waals surface area contributed by atoms with Crippen molar-refractivity contribution in [2.45, 2.75) is 50.9 Å². The molecule has 0 aromatic carbocycles. The van der Waals surface area contributed by atoms with E-state index in [1.54, 1.807) is 4.57 Å². The molecule has 1 aromatic heterocycles. The summed E-state index contributed by atoms with van der Waals surface area (Å²) in [7, 11) is -3.86. The van der Waals surface area contributed by atoms with E-state index in [2.05, 4.69) is 10.2 Å². The van der Waals surface area contributed by atoms with Crippen molar-refractivity contribution in [3.05, 3.63) is 5.82 Å². The van der Waals surface area contributed by atoms with E-state index in [9.17, 15) is 8.42 Å². The fourth-order valence-corrected chi connectivity index (χ4v) is 3.02. The molecule has 1 aromatic rings. The number of primary sulfonamides is 1. The molecule has 2 unspecified atom stereocenters. The van der Waals surface area contributed by atoms with Gasteiger partial charge in [0, 0.05) is 19.1 Å². The summed E-state index contributed by atoms with van der Waals surface area (Å²) >= 11 is 0. The molecule has 1 aliphatic rings. The van der Waals surface area contributed by atoms with Crippen molar-refractivity contribution >= 4 is 10.0 Å². The van der Waals surface area contributed by atoms with Crippen molar-refractivity contribution in [2.24, 2.45) is 11.1 Å². The van der Waals surface area contributed by atoms with Gasteiger partial charge >= 0.3 is 0 Å². The third kappa shape index (κ3) is 2.96. The summed E-state index contributed by atoms with van der Waals surface area (Å²) in [4.78, 5) is 0. The monoisotopic (exact) mass is 288 g/mol. The molecular formula is C11H20N4O3S. The highest BCUT2D eigenvalue weighted by molar-refractivity contribution is 7.89. The summed E-state index contributed by atoms with van der Waals surface area (Å²) < 4.78 is 30.3. The van der Waals surface area contributed by atoms with E-state index in [0.717, 1.165) is 6.42 Å². The molecule has 1 fully saturated rings. The van der Waals surface area contributed by atoms with Gasteiger partial charge in [-0.1, -0.05) is 13.8 Å². The van der Waals surface area contributed by atoms with E-state index in [1.165, 1.54) is 0 Å². The maximum atomic E-state index is 11.6. The minimum atomic E-state index is -3.86. The predicted octanol–water partition coefficient (Wildman–Crippen LogP) is 0.474. The number of nitrogens with zero attached hydrogens (tertiary/aromatic N) is 3. The Morgan fingerprint density at radius 2 is 2.16 bits per heavy atom. The van der Waals surface area contributed by atoms with Crippen molar-refractivity contribution in [3.63, 3.8) is 0 Å². The predicted molar refractivity (Wildman–Crippen MR) is 69.0 cm³/mol. The molecule has 0 aliphatic carbocycles. The fraction of sp³-hybridized carbons (Fsp3) is 0.818. The Bertz CT molecular complexity index is 552. The zero-order valence-corrected chi connectivity index (χ0v) is 12.2. The Balaban J connectivity index is 2.46. The van der Waals surface area contributed by atoms with Crippen LogP contribution in [0.15, 0.2) is 5.16 Å². The third-order valence-electron chi connectivity index (χ3n) is 3.26. The first-order valence-electron chi connectivity index (χ1n) is 6.38. The summed E-state index contributed by atoms with van der Waals surface area (Å²) in [5.41, 5.74) is 0. The largest absolute Gasteiger partial charge is 0.378 e. The van der Waals surface area contributed by atoms with Gasteiger partial charge in [0.15, 0.2) is 0 Å². The third-order valence-corrected chi connectivity index (χ3v) is 4.07. The number of ether oxygens (including phenoxy) is 1. The van der Waals surface area contributed by atoms with Crippen LogP contribution in [-0.4, -0.2) is 35.9 Å². The first-order chi connectivity index (χ1) is 8.80. The van der Waals surface area contributed by atoms with Crippen LogP contribution in [0.4, 0.5) is 0 Å². The molecule has 0 saturated carbocycles. The van der Waals surface area contributed by atoms with E-state index in [-0.39, 0.29) is 23.1 Å². The second kappa shape index (κ2) is 5.18. The van der Waals surface area contributed by atoms with Crippen LogP contribution < -0.4 is 5.14 Å². The van der Waals surface area contributed by atoms with E-state index >= 15 is 0 Å². The highest BCUT2D eigenvalue weighted by atomic mass is 32.2. The SMILES string of the molecule is CC(C)Cn1c(C2CCOC2C)nnc1S(N)(=O)=O. The smallest absolute Gasteiger partial charge is 0.273 e. The summed E-state index contributed by atoms with van der Waals surface area (Å²) in [5, 5.41) is 12.8. The molecule has 2 N–H and O–H groups in total. The maximum Gasteiger partial charge on any atom is 0.273 e. The van der Waals surface area contributed by atoms with Crippen molar-refractivity contribution in [3.8, 4) is 0 Å². The van der Waals surface area contributed by atoms with Crippen molar-refractivity contribution in [2.75, 3.05) is 6.61 Å². The number of aromatic nitrogens is 3. The van der Waals surface area contributed by atoms with Gasteiger partial charge in [0.25, 0.3) is 15.2 Å². The van der Waals surface area contributed by atoms with Crippen LogP contribution in [0, 0.1) is 5.92 Å². The molecule has 19 heavy (non-hydrogen) atoms. The van der Waals surface area contributed by atoms with Gasteiger partial charge in [0.2, 0.25) is 0 Å². The molecular weight excluding hydrogens is 268 g/mol. The molecule has 8 heteroatoms. The Hall–Kier alpha value is -0.990. The van der Waals surface area contributed by atoms with Crippen molar-refractivity contribution in [1.82, 2.24) is 14.8 Å². The van der Waals surface area contributed by atoms with Gasteiger partial charge in [-0.05, 0) is 19.3 Å². The van der Waals surface area contributed by atoms with Crippen LogP contribution >= 0.6 is 0 Å². The van der Waals surface area contributed by atoms with Crippen molar-refractivity contribution < 1.29 is 13.2 Å². The van der Waals surface area contributed by atoms with E-state index in [1.807, 2.05) is 20.8 Å². The Morgan fingerprint density at radius 1 is 1.47 bits per heavy atom. The first-order valence-corrected chi connectivity index (χ1v) is 7.93. The van der Waals surface area contributed by atoms with E-state index in [4.69, 9.17) is 9.88 Å². The maximum absolute atomic E-state index is 11.6. The van der Waals surface area contributed by atoms with Crippen LogP contribution in [-0.2, 0) is 21.3 Å². The lowest BCUT2D eigenvalue weighted by atomic mass is 10.0. The average molecular weight is 288 g/mol. The summed E-state index contributed by atoms with van der Waals surface area (Å²) in [6, 6.07) is 0. The normalized spacial score (nSPS) is 24.3. The highest BCUT2D eigenvalue weighted by Crippen LogP contribution is 2.31. The summed E-state index contributed by atoms with van der Waals surface area (Å²) in [6.07, 6.45) is 0.839. The van der Waals surface area contributed by atoms with Crippen LogP contribution in [0.25, 0.3) is 0 Å². The standard InChI is InChI=1S/C11H20N4O3S/c1-7(2)6-15-10(9-4-5-18-8(9)3)13-14-11(15)19(12,16)17/h7-9H,4-6H2,1-3H3,(H2,12,16,17). The van der Waals surface area contributed by atoms with E-state index < -0.39 is 10.0 Å². The summed E-state index contributed by atoms with van der Waals surface area (Å²) in [5.74, 6) is 0.998. The Kier molecular flexibility index (Phi) is 3.93. The lowest BCUT2D eigenvalue weighted by Crippen LogP contribution is -2.23. The second-order valence-corrected chi connectivity index (χ2v) is 6.82. The number of hydrogen-bond donors (Lipinski definition) is 1. The quantitative estimate of drug-likeness (QED) is 0.868. The molecule has 1 saturated heterocycles. The molecule has 0 amide bonds. The fourth-order valence-electron chi connectivity index (χ4n) is 2.39. The Labute approximate surface area is 113 Å². The van der Waals surface area contributed by atoms with Gasteiger partial charge in [-0.15, -0.1) is 10.2 Å². The molecule has 7 nitrogen and oxygen atoms in total. The average Bonchev–Trinajstić information content (AvgIpc) is 2.82. The minimum absolute atomic E-state index is 0.0171. The number of sulfonamides is 1. The van der Waals surface area contributed by atoms with Gasteiger partial charge in [-0.3, -0.25) is 0 Å². The topological polar surface area (TPSA) is 100 Å². The van der Waals surface area contributed by atoms with Crippen molar-refractivity contribution in [1.29, 1.82) is 0 Å². The zero-order chi connectivity index (χ0) is 14.2. The molecule has 0 radical (unpaired) electrons. The second-order valence-electron chi connectivity index (χ2n) is 5.36. The molecule has 0 spiro atoms. The van der Waals surface area contributed by atoms with E-state index in [0.29, 0.717) is 19.0 Å². The van der Waals surface area contributed by atoms with Crippen LogP contribution in [0.1, 0.15) is 38.9 Å². The van der Waals surface area contributed by atoms with Crippen LogP contribution in [0.3, 0.4) is 0 Å². The first kappa shape index (κ1) is 14.4. The molecule has 2 rings (SSSR count). The zero-order valence-electron chi connectivity index (χ0n) is 11.4. The molecule has 0 bridgehead atoms. The number of nitrogens with two attached hydrogens (primary N) is 1. The minimum Gasteiger partial charge on any atom is -0.378 e. The van der Waals surface area contributed by atoms with Gasteiger partial charge in [0.05, 0.1) is 6.10 Å².